The van der Waals surface area contributed by atoms with Crippen molar-refractivity contribution in [3.05, 3.63) is 66.2 Å². The number of hydrogen-bond acceptors (Lipinski definition) is 18. The lowest BCUT2D eigenvalue weighted by Gasteiger charge is -2.45. The second kappa shape index (κ2) is 16.7. The molecule has 11 N–H and O–H groups in total. The van der Waals surface area contributed by atoms with Crippen molar-refractivity contribution in [3.8, 4) is 51.6 Å². The molecule has 0 saturated carbocycles. The van der Waals surface area contributed by atoms with Crippen molar-refractivity contribution in [1.82, 2.24) is 0 Å². The summed E-state index contributed by atoms with van der Waals surface area (Å²) in [6, 6.07) is 11.4. The molecule has 300 valence electrons. The number of esters is 1. The van der Waals surface area contributed by atoms with Crippen molar-refractivity contribution >= 4 is 23.0 Å². The average molecular weight is 788 g/mol. The van der Waals surface area contributed by atoms with Crippen molar-refractivity contribution in [1.29, 1.82) is 0 Å². The largest absolute Gasteiger partial charge is 0.507 e. The molecule has 0 bridgehead atoms. The van der Waals surface area contributed by atoms with Crippen LogP contribution in [0.25, 0.3) is 28.4 Å². The fourth-order valence-electron chi connectivity index (χ4n) is 6.06. The van der Waals surface area contributed by atoms with Crippen LogP contribution in [0.5, 0.6) is 40.2 Å². The molecule has 19 nitrogen and oxygen atoms in total. The van der Waals surface area contributed by atoms with Crippen LogP contribution in [0.4, 0.5) is 0 Å². The maximum Gasteiger partial charge on any atom is 0.402 e. The smallest absolute Gasteiger partial charge is 0.402 e. The fourth-order valence-corrected chi connectivity index (χ4v) is 6.06. The molecule has 0 aliphatic carbocycles. The van der Waals surface area contributed by atoms with Crippen LogP contribution in [0.3, 0.4) is 0 Å². The number of carbonyl (C=O) groups is 1. The first kappa shape index (κ1) is 40.2. The number of methoxy groups -OCH3 is 1. The number of aromatic hydroxyl groups is 5. The van der Waals surface area contributed by atoms with Gasteiger partial charge in [0.1, 0.15) is 66.2 Å². The molecule has 56 heavy (non-hydrogen) atoms. The molecule has 2 fully saturated rings. The molecule has 4 aromatic rings. The van der Waals surface area contributed by atoms with E-state index in [4.69, 9.17) is 32.8 Å². The number of carbonyl (C=O) groups excluding carboxylic acids is 1. The second-order valence-corrected chi connectivity index (χ2v) is 12.9. The highest BCUT2D eigenvalue weighted by Gasteiger charge is 2.52. The quantitative estimate of drug-likeness (QED) is 0.0418. The SMILES string of the molecule is COc1cc(-c2[o+]c3cc(O)cc(O)c3cc2O[C@@H]2O[C@H](CO)[C@@H](O)[C@H](O)[C@H]2O[C@@H]2O[C@H](COC(=O)/C=C/c3ccc(O)c(O)c3)[C@@H](O)[C@H](O)[C@H]2O)ccc1O. The summed E-state index contributed by atoms with van der Waals surface area (Å²) in [6.07, 6.45) is -15.8. The van der Waals surface area contributed by atoms with Gasteiger partial charge in [-0.15, -0.1) is 0 Å². The van der Waals surface area contributed by atoms with Gasteiger partial charge in [0.2, 0.25) is 12.0 Å². The van der Waals surface area contributed by atoms with Crippen LogP contribution >= 0.6 is 0 Å². The predicted molar refractivity (Wildman–Crippen MR) is 187 cm³/mol. The van der Waals surface area contributed by atoms with Crippen LogP contribution in [0.2, 0.25) is 0 Å². The number of fused-ring (bicyclic) bond motifs is 1. The van der Waals surface area contributed by atoms with Gasteiger partial charge >= 0.3 is 17.3 Å². The summed E-state index contributed by atoms with van der Waals surface area (Å²) in [5.74, 6) is -3.03. The van der Waals surface area contributed by atoms with E-state index in [1.54, 1.807) is 0 Å². The molecular formula is C37H39O19+. The topological polar surface area (TPSA) is 306 Å². The van der Waals surface area contributed by atoms with Crippen LogP contribution in [0, 0.1) is 0 Å². The zero-order valence-electron chi connectivity index (χ0n) is 29.2. The Morgan fingerprint density at radius 1 is 0.750 bits per heavy atom. The highest BCUT2D eigenvalue weighted by molar-refractivity contribution is 5.89. The monoisotopic (exact) mass is 787 g/mol. The van der Waals surface area contributed by atoms with E-state index in [1.165, 1.54) is 61.7 Å². The van der Waals surface area contributed by atoms with Gasteiger partial charge in [-0.25, -0.2) is 9.21 Å². The fraction of sp³-hybridized carbons (Fsp3) is 0.351. The van der Waals surface area contributed by atoms with E-state index in [2.05, 4.69) is 0 Å². The molecule has 3 heterocycles. The van der Waals surface area contributed by atoms with Gasteiger partial charge in [0.15, 0.2) is 35.4 Å². The first-order valence-corrected chi connectivity index (χ1v) is 16.9. The maximum absolute atomic E-state index is 12.4. The van der Waals surface area contributed by atoms with E-state index < -0.39 is 92.1 Å². The normalized spacial score (nSPS) is 28.0. The Morgan fingerprint density at radius 3 is 2.18 bits per heavy atom. The molecule has 19 heteroatoms. The third kappa shape index (κ3) is 8.35. The second-order valence-electron chi connectivity index (χ2n) is 12.9. The third-order valence-electron chi connectivity index (χ3n) is 9.09. The van der Waals surface area contributed by atoms with Gasteiger partial charge in [-0.1, -0.05) is 6.07 Å². The molecule has 6 rings (SSSR count). The van der Waals surface area contributed by atoms with Gasteiger partial charge in [-0.3, -0.25) is 0 Å². The molecule has 2 aliphatic heterocycles. The van der Waals surface area contributed by atoms with Crippen LogP contribution < -0.4 is 9.47 Å². The highest BCUT2D eigenvalue weighted by Crippen LogP contribution is 2.43. The minimum absolute atomic E-state index is 0.0221. The number of phenols is 5. The Kier molecular flexibility index (Phi) is 12.0. The molecule has 0 radical (unpaired) electrons. The summed E-state index contributed by atoms with van der Waals surface area (Å²) in [7, 11) is 1.30. The summed E-state index contributed by atoms with van der Waals surface area (Å²) in [5.41, 5.74) is 0.534. The maximum atomic E-state index is 12.4. The number of benzene rings is 3. The lowest BCUT2D eigenvalue weighted by molar-refractivity contribution is -0.358. The molecular weight excluding hydrogens is 748 g/mol. The Labute approximate surface area is 316 Å². The number of ether oxygens (including phenoxy) is 6. The number of aliphatic hydroxyl groups excluding tert-OH is 6. The van der Waals surface area contributed by atoms with Gasteiger partial charge in [-0.05, 0) is 35.9 Å². The zero-order chi connectivity index (χ0) is 40.4. The minimum Gasteiger partial charge on any atom is -0.507 e. The van der Waals surface area contributed by atoms with Crippen molar-refractivity contribution in [2.24, 2.45) is 0 Å². The lowest BCUT2D eigenvalue weighted by atomic mass is 9.97. The molecule has 2 aliphatic rings. The van der Waals surface area contributed by atoms with Gasteiger partial charge in [0.25, 0.3) is 0 Å². The van der Waals surface area contributed by atoms with Crippen LogP contribution in [0.1, 0.15) is 5.56 Å². The van der Waals surface area contributed by atoms with E-state index >= 15 is 0 Å². The Hall–Kier alpha value is -5.48. The van der Waals surface area contributed by atoms with E-state index in [-0.39, 0.29) is 51.0 Å². The molecule has 0 amide bonds. The standard InChI is InChI=1S/C37H38O19/c1-50-24-9-16(4-6-20(24)41)34-25(12-18-21(42)10-17(39)11-23(18)52-34)53-37-35(32(48)29(45)26(13-38)54-37)56-36-33(49)31(47)30(46)27(55-36)14-51-28(44)7-3-15-2-5-19(40)22(43)8-15/h2-12,26-27,29-33,35-38,45-49H,13-14H2,1H3,(H4-,39,40,41,42,43,44)/p+1/t26-,27-,29-,30-,31+,32+,33-,35-,36+,37-/m1/s1. The molecule has 10 atom stereocenters. The van der Waals surface area contributed by atoms with Gasteiger partial charge < -0.3 is 84.6 Å². The number of aliphatic hydroxyl groups is 6. The number of hydrogen-bond donors (Lipinski definition) is 11. The Bertz CT molecular complexity index is 2070. The van der Waals surface area contributed by atoms with Crippen molar-refractivity contribution in [2.75, 3.05) is 20.3 Å². The van der Waals surface area contributed by atoms with Gasteiger partial charge in [0.05, 0.1) is 25.3 Å². The summed E-state index contributed by atoms with van der Waals surface area (Å²) < 4.78 is 39.9. The first-order valence-electron chi connectivity index (χ1n) is 16.9. The van der Waals surface area contributed by atoms with Gasteiger partial charge in [0, 0.05) is 24.3 Å². The van der Waals surface area contributed by atoms with Crippen molar-refractivity contribution in [3.63, 3.8) is 0 Å². The van der Waals surface area contributed by atoms with Gasteiger partial charge in [-0.2, -0.15) is 0 Å². The van der Waals surface area contributed by atoms with E-state index in [1.807, 2.05) is 0 Å². The van der Waals surface area contributed by atoms with Crippen molar-refractivity contribution < 1.29 is 93.8 Å². The molecule has 3 aromatic carbocycles. The third-order valence-corrected chi connectivity index (χ3v) is 9.09. The number of rotatable bonds is 11. The first-order chi connectivity index (χ1) is 26.7. The summed E-state index contributed by atoms with van der Waals surface area (Å²) in [6.45, 7) is -1.51. The molecule has 2 saturated heterocycles. The van der Waals surface area contributed by atoms with Crippen LogP contribution in [-0.2, 0) is 23.7 Å². The zero-order valence-corrected chi connectivity index (χ0v) is 29.2. The average Bonchev–Trinajstić information content (AvgIpc) is 3.17. The summed E-state index contributed by atoms with van der Waals surface area (Å²) in [5, 5.41) is 114. The van der Waals surface area contributed by atoms with E-state index in [9.17, 15) is 61.0 Å². The summed E-state index contributed by atoms with van der Waals surface area (Å²) >= 11 is 0. The van der Waals surface area contributed by atoms with E-state index in [0.717, 1.165) is 12.1 Å². The lowest BCUT2D eigenvalue weighted by Crippen LogP contribution is -2.65. The predicted octanol–water partition coefficient (Wildman–Crippen LogP) is 0.185. The minimum atomic E-state index is -2.00. The Balaban J connectivity index is 1.27. The highest BCUT2D eigenvalue weighted by atomic mass is 16.8. The molecule has 0 unspecified atom stereocenters. The van der Waals surface area contributed by atoms with Crippen LogP contribution in [0.15, 0.2) is 65.1 Å². The molecule has 0 spiro atoms. The Morgan fingerprint density at radius 2 is 1.46 bits per heavy atom. The van der Waals surface area contributed by atoms with E-state index in [0.29, 0.717) is 5.56 Å². The van der Waals surface area contributed by atoms with Crippen LogP contribution in [-0.4, -0.2) is 144 Å². The number of phenolic OH excluding ortho intramolecular Hbond substituents is 5. The van der Waals surface area contributed by atoms with Crippen molar-refractivity contribution in [2.45, 2.75) is 61.4 Å². The summed E-state index contributed by atoms with van der Waals surface area (Å²) in [4.78, 5) is 12.4. The molecule has 1 aromatic heterocycles.